The van der Waals surface area contributed by atoms with Gasteiger partial charge in [0.25, 0.3) is 0 Å². The van der Waals surface area contributed by atoms with Crippen LogP contribution in [-0.4, -0.2) is 5.78 Å². The third kappa shape index (κ3) is 3.07. The highest BCUT2D eigenvalue weighted by molar-refractivity contribution is 9.10. The molecule has 0 saturated heterocycles. The molecule has 0 amide bonds. The Morgan fingerprint density at radius 1 is 1.30 bits per heavy atom. The van der Waals surface area contributed by atoms with Crippen molar-refractivity contribution in [3.05, 3.63) is 54.6 Å². The van der Waals surface area contributed by atoms with Crippen molar-refractivity contribution in [3.8, 4) is 0 Å². The molecule has 0 spiro atoms. The summed E-state index contributed by atoms with van der Waals surface area (Å²) in [6.07, 6.45) is -4.49. The van der Waals surface area contributed by atoms with E-state index < -0.39 is 17.5 Å². The lowest BCUT2D eigenvalue weighted by Gasteiger charge is -2.09. The van der Waals surface area contributed by atoms with Crippen molar-refractivity contribution < 1.29 is 18.0 Å². The van der Waals surface area contributed by atoms with Gasteiger partial charge in [0.2, 0.25) is 5.78 Å². The Balaban J connectivity index is 2.49. The van der Waals surface area contributed by atoms with Crippen molar-refractivity contribution in [2.24, 2.45) is 0 Å². The summed E-state index contributed by atoms with van der Waals surface area (Å²) in [6.45, 7) is 1.73. The zero-order valence-electron chi connectivity index (χ0n) is 10.0. The van der Waals surface area contributed by atoms with E-state index in [9.17, 15) is 18.0 Å². The molecule has 2 aromatic rings. The monoisotopic (exact) mass is 382 g/mol. The first kappa shape index (κ1) is 15.5. The van der Waals surface area contributed by atoms with Gasteiger partial charge in [0.15, 0.2) is 0 Å². The van der Waals surface area contributed by atoms with Crippen LogP contribution in [0.1, 0.15) is 26.4 Å². The standard InChI is InChI=1S/C13H7BrClF3OS/c1-6-4-10(20-12(6)15)11(19)8-5-7(13(16,17)18)2-3-9(8)14/h2-5H,1H3. The summed E-state index contributed by atoms with van der Waals surface area (Å²) in [7, 11) is 0. The molecular weight excluding hydrogens is 377 g/mol. The maximum absolute atomic E-state index is 12.7. The summed E-state index contributed by atoms with van der Waals surface area (Å²) in [5, 5.41) is 0. The number of hydrogen-bond acceptors (Lipinski definition) is 2. The number of hydrogen-bond donors (Lipinski definition) is 0. The minimum Gasteiger partial charge on any atom is -0.288 e. The Morgan fingerprint density at radius 3 is 2.45 bits per heavy atom. The molecular formula is C13H7BrClF3OS. The molecule has 0 bridgehead atoms. The second kappa shape index (κ2) is 5.50. The van der Waals surface area contributed by atoms with Crippen LogP contribution in [0, 0.1) is 6.92 Å². The lowest BCUT2D eigenvalue weighted by Crippen LogP contribution is -2.08. The summed E-state index contributed by atoms with van der Waals surface area (Å²) in [4.78, 5) is 12.6. The number of alkyl halides is 3. The van der Waals surface area contributed by atoms with E-state index in [1.54, 1.807) is 13.0 Å². The summed E-state index contributed by atoms with van der Waals surface area (Å²) in [5.74, 6) is -0.483. The highest BCUT2D eigenvalue weighted by Gasteiger charge is 2.31. The highest BCUT2D eigenvalue weighted by Crippen LogP contribution is 2.34. The Morgan fingerprint density at radius 2 is 1.95 bits per heavy atom. The quantitative estimate of drug-likeness (QED) is 0.606. The molecule has 1 aromatic carbocycles. The summed E-state index contributed by atoms with van der Waals surface area (Å²) < 4.78 is 38.8. The Bertz CT molecular complexity index is 659. The Labute approximate surface area is 130 Å². The number of rotatable bonds is 2. The van der Waals surface area contributed by atoms with E-state index in [-0.39, 0.29) is 5.56 Å². The Kier molecular flexibility index (Phi) is 4.27. The zero-order valence-corrected chi connectivity index (χ0v) is 13.2. The smallest absolute Gasteiger partial charge is 0.288 e. The Hall–Kier alpha value is -0.850. The minimum absolute atomic E-state index is 0.0299. The van der Waals surface area contributed by atoms with E-state index in [0.29, 0.717) is 13.7 Å². The third-order valence-electron chi connectivity index (χ3n) is 2.62. The SMILES string of the molecule is Cc1cc(C(=O)c2cc(C(F)(F)F)ccc2Br)sc1Cl. The number of ketones is 1. The van der Waals surface area contributed by atoms with Gasteiger partial charge in [0.05, 0.1) is 14.8 Å². The highest BCUT2D eigenvalue weighted by atomic mass is 79.9. The first-order valence-corrected chi connectivity index (χ1v) is 7.36. The fourth-order valence-electron chi connectivity index (χ4n) is 1.58. The van der Waals surface area contributed by atoms with E-state index in [1.807, 2.05) is 0 Å². The van der Waals surface area contributed by atoms with Gasteiger partial charge in [0.1, 0.15) is 0 Å². The third-order valence-corrected chi connectivity index (χ3v) is 4.86. The fraction of sp³-hybridized carbons (Fsp3) is 0.154. The van der Waals surface area contributed by atoms with Gasteiger partial charge in [-0.2, -0.15) is 13.2 Å². The van der Waals surface area contributed by atoms with E-state index in [1.165, 1.54) is 6.07 Å². The van der Waals surface area contributed by atoms with Crippen LogP contribution in [0.5, 0.6) is 0 Å². The molecule has 0 N–H and O–H groups in total. The van der Waals surface area contributed by atoms with Crippen LogP contribution >= 0.6 is 38.9 Å². The molecule has 1 nitrogen and oxygen atoms in total. The van der Waals surface area contributed by atoms with Gasteiger partial charge in [-0.3, -0.25) is 4.79 Å². The van der Waals surface area contributed by atoms with Gasteiger partial charge in [-0.05, 0) is 36.8 Å². The van der Waals surface area contributed by atoms with Crippen molar-refractivity contribution in [2.45, 2.75) is 13.1 Å². The first-order valence-electron chi connectivity index (χ1n) is 5.37. The van der Waals surface area contributed by atoms with Crippen LogP contribution in [0.15, 0.2) is 28.7 Å². The molecule has 20 heavy (non-hydrogen) atoms. The largest absolute Gasteiger partial charge is 0.416 e. The molecule has 0 atom stereocenters. The molecule has 0 unspecified atom stereocenters. The van der Waals surface area contributed by atoms with Crippen molar-refractivity contribution in [1.29, 1.82) is 0 Å². The number of carbonyl (C=O) groups excluding carboxylic acids is 1. The second-order valence-electron chi connectivity index (χ2n) is 4.09. The van der Waals surface area contributed by atoms with E-state index >= 15 is 0 Å². The summed E-state index contributed by atoms with van der Waals surface area (Å²) in [5.41, 5.74) is -0.163. The average Bonchev–Trinajstić information content (AvgIpc) is 2.68. The van der Waals surface area contributed by atoms with Gasteiger partial charge in [0, 0.05) is 10.0 Å². The number of carbonyl (C=O) groups is 1. The molecule has 0 aliphatic heterocycles. The van der Waals surface area contributed by atoms with Crippen molar-refractivity contribution >= 4 is 44.7 Å². The van der Waals surface area contributed by atoms with E-state index in [2.05, 4.69) is 15.9 Å². The number of thiophene rings is 1. The zero-order chi connectivity index (χ0) is 15.1. The lowest BCUT2D eigenvalue weighted by molar-refractivity contribution is -0.137. The molecule has 0 saturated carbocycles. The molecule has 0 aliphatic carbocycles. The topological polar surface area (TPSA) is 17.1 Å². The van der Waals surface area contributed by atoms with Gasteiger partial charge in [-0.1, -0.05) is 27.5 Å². The van der Waals surface area contributed by atoms with Crippen LogP contribution in [0.2, 0.25) is 4.34 Å². The van der Waals surface area contributed by atoms with Crippen LogP contribution < -0.4 is 0 Å². The molecule has 0 radical (unpaired) electrons. The molecule has 0 aliphatic rings. The van der Waals surface area contributed by atoms with Crippen LogP contribution in [0.25, 0.3) is 0 Å². The van der Waals surface area contributed by atoms with Gasteiger partial charge < -0.3 is 0 Å². The van der Waals surface area contributed by atoms with E-state index in [4.69, 9.17) is 11.6 Å². The van der Waals surface area contributed by atoms with Crippen LogP contribution in [0.3, 0.4) is 0 Å². The molecule has 0 fully saturated rings. The molecule has 7 heteroatoms. The molecule has 1 aromatic heterocycles. The first-order chi connectivity index (χ1) is 9.20. The maximum atomic E-state index is 12.7. The summed E-state index contributed by atoms with van der Waals surface area (Å²) >= 11 is 10.0. The number of aryl methyl sites for hydroxylation is 1. The summed E-state index contributed by atoms with van der Waals surface area (Å²) in [6, 6.07) is 4.56. The van der Waals surface area contributed by atoms with Gasteiger partial charge in [-0.25, -0.2) is 0 Å². The second-order valence-corrected chi connectivity index (χ2v) is 6.60. The number of halogens is 5. The van der Waals surface area contributed by atoms with Gasteiger partial charge in [-0.15, -0.1) is 11.3 Å². The van der Waals surface area contributed by atoms with E-state index in [0.717, 1.165) is 29.0 Å². The predicted octanol–water partition coefficient (Wildman–Crippen LogP) is 5.72. The predicted molar refractivity (Wildman–Crippen MR) is 76.6 cm³/mol. The fourth-order valence-corrected chi connectivity index (χ4v) is 3.16. The minimum atomic E-state index is -4.49. The molecule has 106 valence electrons. The average molecular weight is 384 g/mol. The normalized spacial score (nSPS) is 11.7. The maximum Gasteiger partial charge on any atom is 0.416 e. The van der Waals surface area contributed by atoms with Crippen LogP contribution in [-0.2, 0) is 6.18 Å². The van der Waals surface area contributed by atoms with Crippen molar-refractivity contribution in [2.75, 3.05) is 0 Å². The van der Waals surface area contributed by atoms with Crippen molar-refractivity contribution in [1.82, 2.24) is 0 Å². The lowest BCUT2D eigenvalue weighted by atomic mass is 10.1. The van der Waals surface area contributed by atoms with Crippen molar-refractivity contribution in [3.63, 3.8) is 0 Å². The molecule has 2 rings (SSSR count). The molecule has 1 heterocycles. The number of benzene rings is 1. The van der Waals surface area contributed by atoms with Gasteiger partial charge >= 0.3 is 6.18 Å². The van der Waals surface area contributed by atoms with Crippen LogP contribution in [0.4, 0.5) is 13.2 Å².